The van der Waals surface area contributed by atoms with Crippen molar-refractivity contribution in [3.63, 3.8) is 0 Å². The zero-order valence-corrected chi connectivity index (χ0v) is 15.2. The van der Waals surface area contributed by atoms with Gasteiger partial charge in [0.05, 0.1) is 40.4 Å². The minimum Gasteiger partial charge on any atom is -0.394 e. The van der Waals surface area contributed by atoms with Gasteiger partial charge >= 0.3 is 0 Å². The summed E-state index contributed by atoms with van der Waals surface area (Å²) in [5, 5.41) is 16.6. The van der Waals surface area contributed by atoms with Crippen molar-refractivity contribution in [1.29, 1.82) is 0 Å². The van der Waals surface area contributed by atoms with Crippen molar-refractivity contribution < 1.29 is 14.7 Å². The molecule has 26 heavy (non-hydrogen) atoms. The molecular weight excluding hydrogens is 379 g/mol. The number of benzene rings is 1. The van der Waals surface area contributed by atoms with Crippen LogP contribution in [0.3, 0.4) is 0 Å². The van der Waals surface area contributed by atoms with E-state index in [4.69, 9.17) is 28.3 Å². The molecule has 4 rings (SSSR count). The van der Waals surface area contributed by atoms with Crippen LogP contribution in [0.1, 0.15) is 22.3 Å². The van der Waals surface area contributed by atoms with Crippen molar-refractivity contribution >= 4 is 40.7 Å². The van der Waals surface area contributed by atoms with E-state index in [2.05, 4.69) is 10.4 Å². The monoisotopic (exact) mass is 394 g/mol. The first-order valence-electron chi connectivity index (χ1n) is 8.18. The molecule has 1 atom stereocenters. The predicted molar refractivity (Wildman–Crippen MR) is 96.6 cm³/mol. The second-order valence-corrected chi connectivity index (χ2v) is 7.35. The summed E-state index contributed by atoms with van der Waals surface area (Å²) in [6, 6.07) is 3.36. The fourth-order valence-corrected chi connectivity index (χ4v) is 4.01. The minimum absolute atomic E-state index is 0.0532. The quantitative estimate of drug-likeness (QED) is 0.832. The van der Waals surface area contributed by atoms with Gasteiger partial charge in [-0.15, -0.1) is 0 Å². The van der Waals surface area contributed by atoms with Gasteiger partial charge in [0.15, 0.2) is 0 Å². The van der Waals surface area contributed by atoms with Crippen molar-refractivity contribution in [2.75, 3.05) is 25.0 Å². The highest BCUT2D eigenvalue weighted by molar-refractivity contribution is 6.42. The SMILES string of the molecule is O=C(c1cnn(CCO)c1)N1CC[C@]2(C1)C(=O)Nc1cc(Cl)c(Cl)cc12. The number of likely N-dealkylation sites (tertiary alicyclic amines) is 1. The molecule has 1 aromatic heterocycles. The van der Waals surface area contributed by atoms with E-state index in [-0.39, 0.29) is 25.0 Å². The molecular formula is C17H16Cl2N4O3. The average molecular weight is 395 g/mol. The normalized spacial score (nSPS) is 21.3. The number of carbonyl (C=O) groups excluding carboxylic acids is 2. The number of hydrogen-bond acceptors (Lipinski definition) is 4. The Bertz CT molecular complexity index is 913. The number of rotatable bonds is 3. The summed E-state index contributed by atoms with van der Waals surface area (Å²) in [6.07, 6.45) is 3.59. The van der Waals surface area contributed by atoms with Crippen molar-refractivity contribution in [1.82, 2.24) is 14.7 Å². The number of anilines is 1. The highest BCUT2D eigenvalue weighted by Gasteiger charge is 2.52. The third-order valence-electron chi connectivity index (χ3n) is 5.02. The van der Waals surface area contributed by atoms with Crippen LogP contribution in [0.5, 0.6) is 0 Å². The molecule has 0 unspecified atom stereocenters. The van der Waals surface area contributed by atoms with Gasteiger partial charge in [-0.1, -0.05) is 23.2 Å². The molecule has 9 heteroatoms. The van der Waals surface area contributed by atoms with E-state index in [0.29, 0.717) is 40.8 Å². The zero-order valence-electron chi connectivity index (χ0n) is 13.7. The Morgan fingerprint density at radius 1 is 1.35 bits per heavy atom. The summed E-state index contributed by atoms with van der Waals surface area (Å²) >= 11 is 12.2. The lowest BCUT2D eigenvalue weighted by Gasteiger charge is -2.22. The summed E-state index contributed by atoms with van der Waals surface area (Å²) < 4.78 is 1.51. The van der Waals surface area contributed by atoms with Crippen molar-refractivity contribution in [2.45, 2.75) is 18.4 Å². The Labute approximate surface area is 159 Å². The molecule has 7 nitrogen and oxygen atoms in total. The Kier molecular flexibility index (Phi) is 4.17. The van der Waals surface area contributed by atoms with E-state index in [0.717, 1.165) is 5.56 Å². The Hall–Kier alpha value is -2.09. The van der Waals surface area contributed by atoms with Gasteiger partial charge in [0.25, 0.3) is 5.91 Å². The highest BCUT2D eigenvalue weighted by Crippen LogP contribution is 2.46. The van der Waals surface area contributed by atoms with Crippen LogP contribution >= 0.6 is 23.2 Å². The van der Waals surface area contributed by atoms with Crippen LogP contribution in [0.4, 0.5) is 5.69 Å². The van der Waals surface area contributed by atoms with Gasteiger partial charge in [-0.3, -0.25) is 14.3 Å². The lowest BCUT2D eigenvalue weighted by molar-refractivity contribution is -0.120. The fourth-order valence-electron chi connectivity index (χ4n) is 3.68. The number of nitrogens with one attached hydrogen (secondary N) is 1. The maximum atomic E-state index is 12.8. The average Bonchev–Trinajstić information content (AvgIpc) is 3.30. The van der Waals surface area contributed by atoms with Crippen molar-refractivity contribution in [3.05, 3.63) is 45.7 Å². The van der Waals surface area contributed by atoms with Crippen LogP contribution in [0.2, 0.25) is 10.0 Å². The molecule has 0 saturated carbocycles. The summed E-state index contributed by atoms with van der Waals surface area (Å²) in [5.74, 6) is -0.329. The van der Waals surface area contributed by atoms with E-state index < -0.39 is 5.41 Å². The Morgan fingerprint density at radius 3 is 2.88 bits per heavy atom. The van der Waals surface area contributed by atoms with E-state index in [1.54, 1.807) is 23.2 Å². The number of hydrogen-bond donors (Lipinski definition) is 2. The number of aromatic nitrogens is 2. The van der Waals surface area contributed by atoms with Crippen LogP contribution in [-0.4, -0.2) is 51.3 Å². The van der Waals surface area contributed by atoms with E-state index in [1.807, 2.05) is 0 Å². The number of amides is 2. The van der Waals surface area contributed by atoms with Gasteiger partial charge in [0.2, 0.25) is 5.91 Å². The smallest absolute Gasteiger partial charge is 0.257 e. The molecule has 2 N–H and O–H groups in total. The topological polar surface area (TPSA) is 87.5 Å². The summed E-state index contributed by atoms with van der Waals surface area (Å²) in [7, 11) is 0. The largest absolute Gasteiger partial charge is 0.394 e. The third kappa shape index (κ3) is 2.58. The standard InChI is InChI=1S/C17H16Cl2N4O3/c18-12-5-11-14(6-13(12)19)21-16(26)17(11)1-2-22(9-17)15(25)10-7-20-23(8-10)3-4-24/h5-8,24H,1-4,9H2,(H,21,26)/t17-/m1/s1. The fraction of sp³-hybridized carbons (Fsp3) is 0.353. The summed E-state index contributed by atoms with van der Waals surface area (Å²) in [5.41, 5.74) is 1.06. The maximum absolute atomic E-state index is 12.8. The van der Waals surface area contributed by atoms with Crippen LogP contribution in [0.25, 0.3) is 0 Å². The minimum atomic E-state index is -0.805. The molecule has 1 spiro atoms. The first-order chi connectivity index (χ1) is 12.4. The third-order valence-corrected chi connectivity index (χ3v) is 5.75. The molecule has 0 radical (unpaired) electrons. The molecule has 2 aliphatic heterocycles. The molecule has 3 heterocycles. The highest BCUT2D eigenvalue weighted by atomic mass is 35.5. The summed E-state index contributed by atoms with van der Waals surface area (Å²) in [4.78, 5) is 27.1. The first-order valence-corrected chi connectivity index (χ1v) is 8.94. The molecule has 2 aromatic rings. The Morgan fingerprint density at radius 2 is 2.12 bits per heavy atom. The number of aliphatic hydroxyl groups is 1. The number of carbonyl (C=O) groups is 2. The van der Waals surface area contributed by atoms with E-state index >= 15 is 0 Å². The van der Waals surface area contributed by atoms with Gasteiger partial charge in [0.1, 0.15) is 0 Å². The van der Waals surface area contributed by atoms with Gasteiger partial charge in [-0.2, -0.15) is 5.10 Å². The molecule has 0 aliphatic carbocycles. The predicted octanol–water partition coefficient (Wildman–Crippen LogP) is 1.92. The van der Waals surface area contributed by atoms with Gasteiger partial charge in [0, 0.05) is 25.0 Å². The van der Waals surface area contributed by atoms with Crippen molar-refractivity contribution in [2.24, 2.45) is 0 Å². The van der Waals surface area contributed by atoms with Crippen LogP contribution in [0, 0.1) is 0 Å². The lowest BCUT2D eigenvalue weighted by atomic mass is 9.81. The number of aliphatic hydroxyl groups excluding tert-OH is 1. The molecule has 1 fully saturated rings. The maximum Gasteiger partial charge on any atom is 0.257 e. The lowest BCUT2D eigenvalue weighted by Crippen LogP contribution is -2.39. The summed E-state index contributed by atoms with van der Waals surface area (Å²) in [6.45, 7) is 1.000. The number of fused-ring (bicyclic) bond motifs is 2. The van der Waals surface area contributed by atoms with E-state index in [9.17, 15) is 9.59 Å². The number of nitrogens with zero attached hydrogens (tertiary/aromatic N) is 3. The molecule has 1 saturated heterocycles. The van der Waals surface area contributed by atoms with E-state index in [1.165, 1.54) is 10.9 Å². The van der Waals surface area contributed by atoms with Crippen molar-refractivity contribution in [3.8, 4) is 0 Å². The second kappa shape index (κ2) is 6.26. The second-order valence-electron chi connectivity index (χ2n) is 6.54. The molecule has 2 amide bonds. The Balaban J connectivity index is 1.61. The van der Waals surface area contributed by atoms with Gasteiger partial charge in [-0.05, 0) is 24.1 Å². The zero-order chi connectivity index (χ0) is 18.5. The molecule has 1 aromatic carbocycles. The van der Waals surface area contributed by atoms with Crippen LogP contribution in [0.15, 0.2) is 24.5 Å². The van der Waals surface area contributed by atoms with Gasteiger partial charge in [-0.25, -0.2) is 0 Å². The first kappa shape index (κ1) is 17.3. The number of halogens is 2. The van der Waals surface area contributed by atoms with Crippen LogP contribution in [-0.2, 0) is 16.8 Å². The molecule has 136 valence electrons. The van der Waals surface area contributed by atoms with Crippen LogP contribution < -0.4 is 5.32 Å². The molecule has 2 aliphatic rings. The molecule has 0 bridgehead atoms. The van der Waals surface area contributed by atoms with Gasteiger partial charge < -0.3 is 15.3 Å².